The predicted molar refractivity (Wildman–Crippen MR) is 60.6 cm³/mol. The van der Waals surface area contributed by atoms with Crippen molar-refractivity contribution in [2.45, 2.75) is 20.3 Å². The van der Waals surface area contributed by atoms with E-state index in [1.54, 1.807) is 6.08 Å². The van der Waals surface area contributed by atoms with Gasteiger partial charge in [-0.1, -0.05) is 19.9 Å². The minimum Gasteiger partial charge on any atom is -0.490 e. The summed E-state index contributed by atoms with van der Waals surface area (Å²) in [5.41, 5.74) is 0.494. The maximum absolute atomic E-state index is 13.5. The lowest BCUT2D eigenvalue weighted by atomic mass is 10.1. The number of allylic oxidation sites excluding steroid dienone is 1. The summed E-state index contributed by atoms with van der Waals surface area (Å²) in [5, 5.41) is 0. The van der Waals surface area contributed by atoms with Crippen molar-refractivity contribution >= 4 is 0 Å². The van der Waals surface area contributed by atoms with Crippen LogP contribution in [0.3, 0.4) is 0 Å². The van der Waals surface area contributed by atoms with Gasteiger partial charge in [0, 0.05) is 11.6 Å². The first kappa shape index (κ1) is 12.7. The van der Waals surface area contributed by atoms with Crippen molar-refractivity contribution < 1.29 is 13.5 Å². The van der Waals surface area contributed by atoms with Crippen molar-refractivity contribution in [1.29, 1.82) is 0 Å². The highest BCUT2D eigenvalue weighted by Gasteiger charge is 2.12. The monoisotopic (exact) mass is 226 g/mol. The fraction of sp³-hybridized carbons (Fsp3) is 0.385. The minimum atomic E-state index is -0.655. The van der Waals surface area contributed by atoms with Gasteiger partial charge in [0.2, 0.25) is 0 Å². The predicted octanol–water partition coefficient (Wildman–Crippen LogP) is 3.73. The van der Waals surface area contributed by atoms with Gasteiger partial charge in [-0.3, -0.25) is 0 Å². The highest BCUT2D eigenvalue weighted by atomic mass is 19.1. The molecule has 0 amide bonds. The van der Waals surface area contributed by atoms with Gasteiger partial charge in [-0.25, -0.2) is 8.78 Å². The van der Waals surface area contributed by atoms with Gasteiger partial charge in [0.25, 0.3) is 0 Å². The lowest BCUT2D eigenvalue weighted by Crippen LogP contribution is -2.08. The summed E-state index contributed by atoms with van der Waals surface area (Å²) in [6.45, 7) is 7.89. The molecule has 0 aliphatic carbocycles. The molecule has 1 aromatic carbocycles. The molecule has 0 fully saturated rings. The number of benzene rings is 1. The molecule has 0 aliphatic heterocycles. The van der Waals surface area contributed by atoms with Crippen LogP contribution in [0, 0.1) is 17.6 Å². The quantitative estimate of drug-likeness (QED) is 0.695. The van der Waals surface area contributed by atoms with Crippen LogP contribution in [0.2, 0.25) is 0 Å². The number of hydrogen-bond donors (Lipinski definition) is 0. The third-order valence-electron chi connectivity index (χ3n) is 2.01. The molecular formula is C13H16F2O. The molecule has 0 bridgehead atoms. The molecule has 1 aromatic rings. The van der Waals surface area contributed by atoms with Gasteiger partial charge in [0.1, 0.15) is 5.82 Å². The second kappa shape index (κ2) is 5.64. The molecule has 0 saturated carbocycles. The van der Waals surface area contributed by atoms with Crippen molar-refractivity contribution in [3.05, 3.63) is 42.0 Å². The molecule has 88 valence electrons. The number of hydrogen-bond acceptors (Lipinski definition) is 1. The topological polar surface area (TPSA) is 9.23 Å². The molecule has 16 heavy (non-hydrogen) atoms. The van der Waals surface area contributed by atoms with Gasteiger partial charge >= 0.3 is 0 Å². The molecule has 1 rings (SSSR count). The van der Waals surface area contributed by atoms with E-state index in [9.17, 15) is 8.78 Å². The van der Waals surface area contributed by atoms with E-state index in [1.165, 1.54) is 6.07 Å². The van der Waals surface area contributed by atoms with Crippen LogP contribution >= 0.6 is 0 Å². The number of rotatable bonds is 5. The third kappa shape index (κ3) is 3.33. The van der Waals surface area contributed by atoms with Crippen LogP contribution in [-0.2, 0) is 6.42 Å². The highest BCUT2D eigenvalue weighted by Crippen LogP contribution is 2.25. The smallest absolute Gasteiger partial charge is 0.168 e. The van der Waals surface area contributed by atoms with E-state index < -0.39 is 11.6 Å². The Hall–Kier alpha value is -1.38. The first-order valence-corrected chi connectivity index (χ1v) is 5.26. The Bertz CT molecular complexity index is 372. The summed E-state index contributed by atoms with van der Waals surface area (Å²) < 4.78 is 31.8. The molecule has 0 unspecified atom stereocenters. The minimum absolute atomic E-state index is 0.134. The Morgan fingerprint density at radius 3 is 2.62 bits per heavy atom. The normalized spacial score (nSPS) is 10.6. The second-order valence-electron chi connectivity index (χ2n) is 4.07. The van der Waals surface area contributed by atoms with Gasteiger partial charge in [-0.05, 0) is 18.4 Å². The average Bonchev–Trinajstić information content (AvgIpc) is 2.16. The second-order valence-corrected chi connectivity index (χ2v) is 4.07. The van der Waals surface area contributed by atoms with Crippen molar-refractivity contribution in [3.8, 4) is 5.75 Å². The van der Waals surface area contributed by atoms with Crippen LogP contribution in [0.1, 0.15) is 19.4 Å². The van der Waals surface area contributed by atoms with Crippen LogP contribution in [0.4, 0.5) is 8.78 Å². The van der Waals surface area contributed by atoms with Gasteiger partial charge in [-0.15, -0.1) is 6.58 Å². The summed E-state index contributed by atoms with van der Waals surface area (Å²) in [6.07, 6.45) is 1.98. The zero-order valence-electron chi connectivity index (χ0n) is 9.59. The number of ether oxygens (including phenoxy) is 1. The maximum Gasteiger partial charge on any atom is 0.168 e. The van der Waals surface area contributed by atoms with Crippen molar-refractivity contribution in [1.82, 2.24) is 0 Å². The fourth-order valence-electron chi connectivity index (χ4n) is 1.33. The summed E-state index contributed by atoms with van der Waals surface area (Å²) in [7, 11) is 0. The van der Waals surface area contributed by atoms with Crippen molar-refractivity contribution in [2.24, 2.45) is 5.92 Å². The van der Waals surface area contributed by atoms with Crippen LogP contribution in [0.5, 0.6) is 5.75 Å². The molecule has 0 aliphatic rings. The van der Waals surface area contributed by atoms with Crippen LogP contribution < -0.4 is 4.74 Å². The van der Waals surface area contributed by atoms with Gasteiger partial charge in [-0.2, -0.15) is 0 Å². The third-order valence-corrected chi connectivity index (χ3v) is 2.01. The van der Waals surface area contributed by atoms with Gasteiger partial charge < -0.3 is 4.74 Å². The zero-order valence-corrected chi connectivity index (χ0v) is 9.59. The maximum atomic E-state index is 13.5. The summed E-state index contributed by atoms with van der Waals surface area (Å²) in [5.74, 6) is -0.820. The Morgan fingerprint density at radius 2 is 2.06 bits per heavy atom. The molecule has 0 N–H and O–H groups in total. The van der Waals surface area contributed by atoms with Crippen molar-refractivity contribution in [3.63, 3.8) is 0 Å². The molecule has 3 heteroatoms. The molecule has 0 saturated heterocycles. The molecular weight excluding hydrogens is 210 g/mol. The molecule has 0 spiro atoms. The fourth-order valence-corrected chi connectivity index (χ4v) is 1.33. The largest absolute Gasteiger partial charge is 0.490 e. The van der Waals surface area contributed by atoms with E-state index >= 15 is 0 Å². The summed E-state index contributed by atoms with van der Waals surface area (Å²) >= 11 is 0. The van der Waals surface area contributed by atoms with E-state index in [1.807, 2.05) is 13.8 Å². The number of halogens is 2. The van der Waals surface area contributed by atoms with E-state index in [0.29, 0.717) is 24.5 Å². The zero-order chi connectivity index (χ0) is 12.1. The molecule has 0 aromatic heterocycles. The Balaban J connectivity index is 2.98. The highest BCUT2D eigenvalue weighted by molar-refractivity contribution is 5.36. The lowest BCUT2D eigenvalue weighted by Gasteiger charge is -2.13. The first-order chi connectivity index (χ1) is 7.54. The Kier molecular flexibility index (Phi) is 4.47. The summed E-state index contributed by atoms with van der Waals surface area (Å²) in [6, 6.07) is 2.11. The van der Waals surface area contributed by atoms with E-state index in [2.05, 4.69) is 6.58 Å². The van der Waals surface area contributed by atoms with Crippen LogP contribution in [0.15, 0.2) is 24.8 Å². The average molecular weight is 226 g/mol. The Morgan fingerprint density at radius 1 is 1.38 bits per heavy atom. The molecule has 0 atom stereocenters. The van der Waals surface area contributed by atoms with E-state index in [-0.39, 0.29) is 5.75 Å². The van der Waals surface area contributed by atoms with Gasteiger partial charge in [0.15, 0.2) is 11.6 Å². The SMILES string of the molecule is C=CCc1cc(F)cc(F)c1OCC(C)C. The molecule has 1 nitrogen and oxygen atoms in total. The van der Waals surface area contributed by atoms with E-state index in [0.717, 1.165) is 6.07 Å². The molecule has 0 radical (unpaired) electrons. The van der Waals surface area contributed by atoms with E-state index in [4.69, 9.17) is 4.74 Å². The van der Waals surface area contributed by atoms with Gasteiger partial charge in [0.05, 0.1) is 6.61 Å². The Labute approximate surface area is 94.7 Å². The lowest BCUT2D eigenvalue weighted by molar-refractivity contribution is 0.256. The first-order valence-electron chi connectivity index (χ1n) is 5.26. The van der Waals surface area contributed by atoms with Crippen LogP contribution in [-0.4, -0.2) is 6.61 Å². The molecule has 0 heterocycles. The standard InChI is InChI=1S/C13H16F2O/c1-4-5-10-6-11(14)7-12(15)13(10)16-8-9(2)3/h4,6-7,9H,1,5,8H2,2-3H3. The van der Waals surface area contributed by atoms with Crippen molar-refractivity contribution in [2.75, 3.05) is 6.61 Å². The van der Waals surface area contributed by atoms with Crippen LogP contribution in [0.25, 0.3) is 0 Å². The summed E-state index contributed by atoms with van der Waals surface area (Å²) in [4.78, 5) is 0.